The van der Waals surface area contributed by atoms with E-state index in [-0.39, 0.29) is 5.56 Å². The van der Waals surface area contributed by atoms with Crippen molar-refractivity contribution in [1.82, 2.24) is 0 Å². The van der Waals surface area contributed by atoms with Gasteiger partial charge in [0.25, 0.3) is 0 Å². The molecular formula is C10H11F3O. The molecule has 78 valence electrons. The molecule has 14 heavy (non-hydrogen) atoms. The quantitative estimate of drug-likeness (QED) is 0.750. The van der Waals surface area contributed by atoms with E-state index in [0.29, 0.717) is 25.0 Å². The molecule has 0 saturated carbocycles. The van der Waals surface area contributed by atoms with Crippen LogP contribution in [0.25, 0.3) is 0 Å². The van der Waals surface area contributed by atoms with Gasteiger partial charge in [-0.05, 0) is 12.5 Å². The van der Waals surface area contributed by atoms with Gasteiger partial charge in [0.1, 0.15) is 5.82 Å². The number of hydrogen-bond acceptors (Lipinski definition) is 1. The lowest BCUT2D eigenvalue weighted by molar-refractivity contribution is 0.161. The molecule has 1 rings (SSSR count). The highest BCUT2D eigenvalue weighted by molar-refractivity contribution is 5.22. The van der Waals surface area contributed by atoms with Crippen LogP contribution in [0.15, 0.2) is 12.1 Å². The Balaban J connectivity index is 3.02. The molecule has 1 unspecified atom stereocenters. The van der Waals surface area contributed by atoms with E-state index >= 15 is 0 Å². The molecule has 0 radical (unpaired) electrons. The minimum Gasteiger partial charge on any atom is -0.388 e. The molecule has 0 bridgehead atoms. The third kappa shape index (κ3) is 2.26. The van der Waals surface area contributed by atoms with Crippen LogP contribution < -0.4 is 0 Å². The van der Waals surface area contributed by atoms with Gasteiger partial charge in [-0.25, -0.2) is 13.2 Å². The van der Waals surface area contributed by atoms with Crippen LogP contribution in [0.3, 0.4) is 0 Å². The molecule has 0 saturated heterocycles. The average Bonchev–Trinajstić information content (AvgIpc) is 2.11. The highest BCUT2D eigenvalue weighted by Gasteiger charge is 2.15. The summed E-state index contributed by atoms with van der Waals surface area (Å²) in [4.78, 5) is 0. The first-order valence-electron chi connectivity index (χ1n) is 4.38. The molecule has 1 aromatic rings. The molecule has 1 nitrogen and oxygen atoms in total. The van der Waals surface area contributed by atoms with Crippen LogP contribution in [0.2, 0.25) is 0 Å². The Morgan fingerprint density at radius 2 is 1.71 bits per heavy atom. The number of rotatable bonds is 3. The second-order valence-corrected chi connectivity index (χ2v) is 3.09. The topological polar surface area (TPSA) is 20.2 Å². The first-order valence-corrected chi connectivity index (χ1v) is 4.38. The van der Waals surface area contributed by atoms with Gasteiger partial charge in [-0.15, -0.1) is 0 Å². The summed E-state index contributed by atoms with van der Waals surface area (Å²) in [6.07, 6.45) is -0.114. The minimum absolute atomic E-state index is 0.189. The zero-order valence-corrected chi connectivity index (χ0v) is 7.73. The maximum atomic E-state index is 13.0. The first kappa shape index (κ1) is 11.0. The third-order valence-corrected chi connectivity index (χ3v) is 1.96. The molecule has 0 spiro atoms. The van der Waals surface area contributed by atoms with Gasteiger partial charge in [-0.2, -0.15) is 0 Å². The van der Waals surface area contributed by atoms with E-state index in [2.05, 4.69) is 0 Å². The maximum Gasteiger partial charge on any atom is 0.161 e. The van der Waals surface area contributed by atoms with Gasteiger partial charge >= 0.3 is 0 Å². The van der Waals surface area contributed by atoms with E-state index in [9.17, 15) is 18.3 Å². The van der Waals surface area contributed by atoms with E-state index in [4.69, 9.17) is 0 Å². The van der Waals surface area contributed by atoms with E-state index in [0.717, 1.165) is 0 Å². The summed E-state index contributed by atoms with van der Waals surface area (Å²) < 4.78 is 38.3. The van der Waals surface area contributed by atoms with E-state index in [1.165, 1.54) is 0 Å². The Hall–Kier alpha value is -1.03. The first-order chi connectivity index (χ1) is 6.56. The molecule has 1 N–H and O–H groups in total. The standard InChI is InChI=1S/C10H11F3O/c1-2-3-10(14)6-4-8(12)9(13)5-7(6)11/h4-5,10,14H,2-3H2,1H3. The van der Waals surface area contributed by atoms with Gasteiger partial charge in [0.2, 0.25) is 0 Å². The zero-order chi connectivity index (χ0) is 10.7. The molecule has 1 atom stereocenters. The van der Waals surface area contributed by atoms with E-state index in [1.54, 1.807) is 6.92 Å². The van der Waals surface area contributed by atoms with Crippen molar-refractivity contribution in [3.05, 3.63) is 35.1 Å². The summed E-state index contributed by atoms with van der Waals surface area (Å²) in [7, 11) is 0. The van der Waals surface area contributed by atoms with Crippen molar-refractivity contribution in [2.24, 2.45) is 0 Å². The number of benzene rings is 1. The van der Waals surface area contributed by atoms with Gasteiger partial charge in [0, 0.05) is 11.6 Å². The van der Waals surface area contributed by atoms with Crippen molar-refractivity contribution < 1.29 is 18.3 Å². The van der Waals surface area contributed by atoms with Crippen LogP contribution in [-0.2, 0) is 0 Å². The lowest BCUT2D eigenvalue weighted by atomic mass is 10.0. The summed E-state index contributed by atoms with van der Waals surface area (Å²) in [5.41, 5.74) is -0.189. The van der Waals surface area contributed by atoms with Crippen molar-refractivity contribution >= 4 is 0 Å². The molecule has 0 aliphatic rings. The molecule has 0 aromatic heterocycles. The molecular weight excluding hydrogens is 193 g/mol. The largest absolute Gasteiger partial charge is 0.388 e. The monoisotopic (exact) mass is 204 g/mol. The molecule has 0 aliphatic carbocycles. The fourth-order valence-electron chi connectivity index (χ4n) is 1.22. The summed E-state index contributed by atoms with van der Waals surface area (Å²) in [6.45, 7) is 1.81. The normalized spacial score (nSPS) is 12.9. The molecule has 1 aromatic carbocycles. The summed E-state index contributed by atoms with van der Waals surface area (Å²) >= 11 is 0. The van der Waals surface area contributed by atoms with Gasteiger partial charge in [-0.3, -0.25) is 0 Å². The molecule has 0 heterocycles. The number of hydrogen-bond donors (Lipinski definition) is 1. The molecule has 4 heteroatoms. The predicted octanol–water partition coefficient (Wildman–Crippen LogP) is 2.94. The van der Waals surface area contributed by atoms with Crippen LogP contribution in [0.1, 0.15) is 31.4 Å². The smallest absolute Gasteiger partial charge is 0.161 e. The zero-order valence-electron chi connectivity index (χ0n) is 7.73. The SMILES string of the molecule is CCCC(O)c1cc(F)c(F)cc1F. The second kappa shape index (κ2) is 4.46. The fourth-order valence-corrected chi connectivity index (χ4v) is 1.22. The number of aliphatic hydroxyl groups excluding tert-OH is 1. The maximum absolute atomic E-state index is 13.0. The Labute approximate surface area is 80.2 Å². The van der Waals surface area contributed by atoms with Crippen LogP contribution in [0.5, 0.6) is 0 Å². The van der Waals surface area contributed by atoms with E-state index in [1.807, 2.05) is 0 Å². The highest BCUT2D eigenvalue weighted by Crippen LogP contribution is 2.23. The lowest BCUT2D eigenvalue weighted by Crippen LogP contribution is -2.02. The Kier molecular flexibility index (Phi) is 3.52. The predicted molar refractivity (Wildman–Crippen MR) is 46.2 cm³/mol. The van der Waals surface area contributed by atoms with Crippen LogP contribution in [0, 0.1) is 17.5 Å². The number of aliphatic hydroxyl groups is 1. The van der Waals surface area contributed by atoms with Gasteiger partial charge in [0.15, 0.2) is 11.6 Å². The fraction of sp³-hybridized carbons (Fsp3) is 0.400. The molecule has 0 aliphatic heterocycles. The molecule has 0 fully saturated rings. The highest BCUT2D eigenvalue weighted by atomic mass is 19.2. The van der Waals surface area contributed by atoms with Crippen LogP contribution >= 0.6 is 0 Å². The Morgan fingerprint density at radius 3 is 2.29 bits per heavy atom. The van der Waals surface area contributed by atoms with E-state index < -0.39 is 23.6 Å². The van der Waals surface area contributed by atoms with Crippen LogP contribution in [-0.4, -0.2) is 5.11 Å². The average molecular weight is 204 g/mol. The van der Waals surface area contributed by atoms with Crippen molar-refractivity contribution in [1.29, 1.82) is 0 Å². The third-order valence-electron chi connectivity index (χ3n) is 1.96. The summed E-state index contributed by atoms with van der Waals surface area (Å²) in [6, 6.07) is 1.15. The van der Waals surface area contributed by atoms with Gasteiger partial charge in [-0.1, -0.05) is 13.3 Å². The minimum atomic E-state index is -1.24. The lowest BCUT2D eigenvalue weighted by Gasteiger charge is -2.10. The van der Waals surface area contributed by atoms with Crippen molar-refractivity contribution in [3.8, 4) is 0 Å². The number of halogens is 3. The second-order valence-electron chi connectivity index (χ2n) is 3.09. The summed E-state index contributed by atoms with van der Waals surface area (Å²) in [5.74, 6) is -3.30. The van der Waals surface area contributed by atoms with Gasteiger partial charge in [0.05, 0.1) is 6.10 Å². The van der Waals surface area contributed by atoms with Crippen LogP contribution in [0.4, 0.5) is 13.2 Å². The van der Waals surface area contributed by atoms with Crippen molar-refractivity contribution in [3.63, 3.8) is 0 Å². The van der Waals surface area contributed by atoms with Gasteiger partial charge < -0.3 is 5.11 Å². The Morgan fingerprint density at radius 1 is 1.14 bits per heavy atom. The summed E-state index contributed by atoms with van der Waals surface area (Å²) in [5, 5.41) is 9.39. The van der Waals surface area contributed by atoms with Crippen molar-refractivity contribution in [2.75, 3.05) is 0 Å². The Bertz CT molecular complexity index is 325. The molecule has 0 amide bonds. The van der Waals surface area contributed by atoms with Crippen molar-refractivity contribution in [2.45, 2.75) is 25.9 Å².